The van der Waals surface area contributed by atoms with Crippen LogP contribution in [-0.4, -0.2) is 16.5 Å². The largest absolute Gasteiger partial charge is 0.418 e. The van der Waals surface area contributed by atoms with Gasteiger partial charge >= 0.3 is 16.5 Å². The summed E-state index contributed by atoms with van der Waals surface area (Å²) < 4.78 is 4.64. The summed E-state index contributed by atoms with van der Waals surface area (Å²) in [6.07, 6.45) is 0. The molecule has 0 aromatic carbocycles. The molecule has 6 heavy (non-hydrogen) atoms. The van der Waals surface area contributed by atoms with Crippen LogP contribution in [0.2, 0.25) is 0 Å². The van der Waals surface area contributed by atoms with Crippen LogP contribution in [0, 0.1) is 5.92 Å². The van der Waals surface area contributed by atoms with E-state index in [1.807, 2.05) is 0 Å². The Labute approximate surface area is 48.6 Å². The molecule has 38 valence electrons. The molecule has 0 bridgehead atoms. The molecule has 2 N–H and O–H groups in total. The molecule has 0 heterocycles. The van der Waals surface area contributed by atoms with E-state index in [2.05, 4.69) is 25.5 Å². The fraction of sp³-hybridized carbons (Fsp3) is 1.00. The molecule has 0 fully saturated rings. The van der Waals surface area contributed by atoms with Gasteiger partial charge in [-0.1, -0.05) is 20.8 Å². The van der Waals surface area contributed by atoms with Gasteiger partial charge in [0.2, 0.25) is 0 Å². The highest BCUT2D eigenvalue weighted by Gasteiger charge is 1.68. The molecule has 2 heteroatoms. The fourth-order valence-corrected chi connectivity index (χ4v) is 0. The monoisotopic (exact) mass is 103 g/mol. The Balaban J connectivity index is 0. The summed E-state index contributed by atoms with van der Waals surface area (Å²) in [5.74, 6) is 0.833. The Bertz CT molecular complexity index is 12.3. The highest BCUT2D eigenvalue weighted by Crippen LogP contribution is 1.81. The van der Waals surface area contributed by atoms with Crippen molar-refractivity contribution in [3.8, 4) is 0 Å². The molecule has 0 spiro atoms. The second-order valence-electron chi connectivity index (χ2n) is 1.73. The molecule has 0 aromatic rings. The summed E-state index contributed by atoms with van der Waals surface area (Å²) in [7, 11) is 0. The lowest BCUT2D eigenvalue weighted by Gasteiger charge is -1.79. The normalized spacial score (nSPS) is 6.83. The van der Waals surface area contributed by atoms with Crippen molar-refractivity contribution in [2.75, 3.05) is 0 Å². The fourth-order valence-electron chi connectivity index (χ4n) is 0. The van der Waals surface area contributed by atoms with Gasteiger partial charge in [0, 0.05) is 0 Å². The average Bonchev–Trinajstić information content (AvgIpc) is 1.41. The van der Waals surface area contributed by atoms with Gasteiger partial charge in [-0.3, -0.25) is 0 Å². The Hall–Kier alpha value is 0.492. The van der Waals surface area contributed by atoms with Gasteiger partial charge in [-0.2, -0.15) is 0 Å². The maximum Gasteiger partial charge on any atom is 0.316 e. The molecule has 0 saturated carbocycles. The van der Waals surface area contributed by atoms with E-state index in [0.29, 0.717) is 0 Å². The first-order chi connectivity index (χ1) is 2.73. The van der Waals surface area contributed by atoms with Gasteiger partial charge in [-0.15, -0.1) is 0 Å². The van der Waals surface area contributed by atoms with Crippen LogP contribution >= 0.6 is 0 Å². The minimum absolute atomic E-state index is 0.806. The van der Waals surface area contributed by atoms with Crippen molar-refractivity contribution in [1.82, 2.24) is 0 Å². The van der Waals surface area contributed by atoms with Gasteiger partial charge in [-0.25, -0.2) is 0 Å². The van der Waals surface area contributed by atoms with E-state index in [0.717, 1.165) is 22.4 Å². The second-order valence-corrected chi connectivity index (χ2v) is 1.73. The predicted molar refractivity (Wildman–Crippen MR) is 33.2 cm³/mol. The Morgan fingerprint density at radius 1 is 1.17 bits per heavy atom. The Kier molecular flexibility index (Phi) is 14.7. The van der Waals surface area contributed by atoms with E-state index in [-0.39, 0.29) is 0 Å². The first-order valence-electron chi connectivity index (χ1n) is 2.31. The highest BCUT2D eigenvalue weighted by atomic mass is 27.1. The standard InChI is InChI=1S/C4H10.Al.H2N.2H/c1-4(2)3;;;;/h4H,1-3H3;;1H2;;/q;+1;-1;;. The molecule has 0 amide bonds. The van der Waals surface area contributed by atoms with Crippen LogP contribution in [0.15, 0.2) is 0 Å². The summed E-state index contributed by atoms with van der Waals surface area (Å²) >= 11 is 0.806. The van der Waals surface area contributed by atoms with E-state index in [1.54, 1.807) is 0 Å². The van der Waals surface area contributed by atoms with Crippen molar-refractivity contribution in [2.45, 2.75) is 20.8 Å². The Morgan fingerprint density at radius 3 is 1.17 bits per heavy atom. The van der Waals surface area contributed by atoms with Gasteiger partial charge in [0.05, 0.1) is 0 Å². The summed E-state index contributed by atoms with van der Waals surface area (Å²) in [4.78, 5) is 0. The van der Waals surface area contributed by atoms with Crippen molar-refractivity contribution in [3.05, 3.63) is 0 Å². The molecule has 0 saturated heterocycles. The molecule has 0 aliphatic carbocycles. The van der Waals surface area contributed by atoms with E-state index >= 15 is 0 Å². The number of hydrogen-bond donors (Lipinski definition) is 1. The summed E-state index contributed by atoms with van der Waals surface area (Å²) in [6, 6.07) is 0. The quantitative estimate of drug-likeness (QED) is 0.434. The van der Waals surface area contributed by atoms with Crippen molar-refractivity contribution in [2.24, 2.45) is 10.6 Å². The molecular weight excluding hydrogens is 89.0 g/mol. The SMILES string of the molecule is CC(C)C.[NH2][AlH2]. The topological polar surface area (TPSA) is 26.0 Å². The first kappa shape index (κ1) is 9.70. The smallest absolute Gasteiger partial charge is 0.316 e. The predicted octanol–water partition coefficient (Wildman–Crippen LogP) is 0.156. The van der Waals surface area contributed by atoms with Crippen LogP contribution < -0.4 is 4.72 Å². The lowest BCUT2D eigenvalue weighted by atomic mass is 10.3. The molecule has 0 atom stereocenters. The molecule has 0 aromatic heterocycles. The van der Waals surface area contributed by atoms with Crippen LogP contribution in [-0.2, 0) is 0 Å². The van der Waals surface area contributed by atoms with Crippen LogP contribution in [0.25, 0.3) is 0 Å². The summed E-state index contributed by atoms with van der Waals surface area (Å²) in [6.45, 7) is 6.50. The van der Waals surface area contributed by atoms with Gasteiger partial charge < -0.3 is 4.72 Å². The van der Waals surface area contributed by atoms with Gasteiger partial charge in [-0.05, 0) is 5.92 Å². The zero-order valence-corrected chi connectivity index (χ0v) is 7.15. The molecule has 0 unspecified atom stereocenters. The first-order valence-corrected chi connectivity index (χ1v) is 3.46. The number of rotatable bonds is 0. The van der Waals surface area contributed by atoms with Gasteiger partial charge in [0.1, 0.15) is 0 Å². The average molecular weight is 103 g/mol. The molecular formula is C4H14AlN. The zero-order chi connectivity index (χ0) is 5.58. The maximum atomic E-state index is 4.64. The molecule has 1 nitrogen and oxygen atoms in total. The van der Waals surface area contributed by atoms with E-state index in [1.165, 1.54) is 0 Å². The van der Waals surface area contributed by atoms with Gasteiger partial charge in [0.25, 0.3) is 0 Å². The van der Waals surface area contributed by atoms with Crippen LogP contribution in [0.3, 0.4) is 0 Å². The molecule has 0 radical (unpaired) electrons. The van der Waals surface area contributed by atoms with E-state index in [9.17, 15) is 0 Å². The third kappa shape index (κ3) is 226. The van der Waals surface area contributed by atoms with E-state index < -0.39 is 0 Å². The second kappa shape index (κ2) is 9.09. The van der Waals surface area contributed by atoms with E-state index in [4.69, 9.17) is 0 Å². The zero-order valence-electron chi connectivity index (χ0n) is 5.15. The van der Waals surface area contributed by atoms with Gasteiger partial charge in [0.15, 0.2) is 0 Å². The maximum absolute atomic E-state index is 4.64. The Morgan fingerprint density at radius 2 is 1.17 bits per heavy atom. The number of nitrogens with two attached hydrogens (primary N) is 1. The summed E-state index contributed by atoms with van der Waals surface area (Å²) in [5.41, 5.74) is 0. The van der Waals surface area contributed by atoms with Crippen molar-refractivity contribution < 1.29 is 0 Å². The lowest BCUT2D eigenvalue weighted by Crippen LogP contribution is -1.75. The molecule has 0 aliphatic heterocycles. The highest BCUT2D eigenvalue weighted by molar-refractivity contribution is 6.02. The molecule has 0 aliphatic rings. The van der Waals surface area contributed by atoms with Crippen LogP contribution in [0.4, 0.5) is 0 Å². The summed E-state index contributed by atoms with van der Waals surface area (Å²) in [5, 5.41) is 0. The lowest BCUT2D eigenvalue weighted by molar-refractivity contribution is 0.737. The van der Waals surface area contributed by atoms with Crippen molar-refractivity contribution >= 4 is 16.5 Å². The van der Waals surface area contributed by atoms with Crippen LogP contribution in [0.1, 0.15) is 20.8 Å². The molecule has 0 rings (SSSR count). The van der Waals surface area contributed by atoms with Crippen molar-refractivity contribution in [1.29, 1.82) is 0 Å². The van der Waals surface area contributed by atoms with Crippen LogP contribution in [0.5, 0.6) is 0 Å². The minimum Gasteiger partial charge on any atom is -0.418 e. The third-order valence-electron chi connectivity index (χ3n) is 0. The third-order valence-corrected chi connectivity index (χ3v) is 0. The van der Waals surface area contributed by atoms with Crippen molar-refractivity contribution in [3.63, 3.8) is 0 Å². The minimum atomic E-state index is 0.806. The number of hydrogen-bond acceptors (Lipinski definition) is 1.